The lowest BCUT2D eigenvalue weighted by Crippen LogP contribution is -2.02. The van der Waals surface area contributed by atoms with Crippen molar-refractivity contribution in [3.63, 3.8) is 0 Å². The van der Waals surface area contributed by atoms with Crippen LogP contribution in [0.15, 0.2) is 12.2 Å². The predicted molar refractivity (Wildman–Crippen MR) is 56.8 cm³/mol. The van der Waals surface area contributed by atoms with Crippen LogP contribution in [0, 0.1) is 0 Å². The lowest BCUT2D eigenvalue weighted by atomic mass is 10.2. The van der Waals surface area contributed by atoms with Crippen LogP contribution in [0.5, 0.6) is 0 Å². The normalized spacial score (nSPS) is 10.0. The third kappa shape index (κ3) is 22.9. The van der Waals surface area contributed by atoms with Gasteiger partial charge in [0, 0.05) is 12.2 Å². The average molecular weight is 234 g/mol. The second kappa shape index (κ2) is 11.7. The third-order valence-electron chi connectivity index (χ3n) is 1.43. The fourth-order valence-corrected chi connectivity index (χ4v) is 0.719. The monoisotopic (exact) mass is 234 g/mol. The predicted octanol–water partition coefficient (Wildman–Crippen LogP) is 0.589. The summed E-state index contributed by atoms with van der Waals surface area (Å²) in [7, 11) is 0. The van der Waals surface area contributed by atoms with Gasteiger partial charge in [0.15, 0.2) is 6.29 Å². The lowest BCUT2D eigenvalue weighted by Gasteiger charge is -1.99. The molecule has 6 nitrogen and oxygen atoms in total. The van der Waals surface area contributed by atoms with Crippen molar-refractivity contribution >= 4 is 11.9 Å². The van der Waals surface area contributed by atoms with E-state index >= 15 is 0 Å². The summed E-state index contributed by atoms with van der Waals surface area (Å²) in [6, 6.07) is 0. The number of aliphatic hydroxyl groups excluding tert-OH is 1. The second-order valence-corrected chi connectivity index (χ2v) is 2.99. The highest BCUT2D eigenvalue weighted by atomic mass is 16.5. The minimum atomic E-state index is -1.26. The fraction of sp³-hybridized carbons (Fsp3) is 0.600. The Bertz CT molecular complexity index is 205. The number of unbranched alkanes of at least 4 members (excludes halogenated alkanes) is 2. The first-order valence-electron chi connectivity index (χ1n) is 4.90. The van der Waals surface area contributed by atoms with Crippen LogP contribution in [0.3, 0.4) is 0 Å². The number of rotatable bonds is 6. The molecule has 0 unspecified atom stereocenters. The SMILES string of the molecule is CCCCCC(O)O.O=C(O)/C=C\C(=O)O. The van der Waals surface area contributed by atoms with Gasteiger partial charge in [0.1, 0.15) is 0 Å². The Morgan fingerprint density at radius 1 is 1.06 bits per heavy atom. The lowest BCUT2D eigenvalue weighted by molar-refractivity contribution is -0.134. The van der Waals surface area contributed by atoms with Crippen molar-refractivity contribution in [1.29, 1.82) is 0 Å². The molecule has 0 aromatic rings. The van der Waals surface area contributed by atoms with E-state index in [9.17, 15) is 9.59 Å². The minimum absolute atomic E-state index is 0.522. The molecule has 94 valence electrons. The number of hydrogen-bond acceptors (Lipinski definition) is 4. The molecule has 0 saturated heterocycles. The fourth-order valence-electron chi connectivity index (χ4n) is 0.719. The largest absolute Gasteiger partial charge is 0.478 e. The number of carbonyl (C=O) groups is 2. The van der Waals surface area contributed by atoms with E-state index in [1.54, 1.807) is 0 Å². The highest BCUT2D eigenvalue weighted by Gasteiger charge is 1.93. The zero-order chi connectivity index (χ0) is 13.0. The summed E-state index contributed by atoms with van der Waals surface area (Å²) in [6.45, 7) is 2.09. The van der Waals surface area contributed by atoms with Crippen LogP contribution in [0.2, 0.25) is 0 Å². The van der Waals surface area contributed by atoms with E-state index in [-0.39, 0.29) is 0 Å². The summed E-state index contributed by atoms with van der Waals surface area (Å²) >= 11 is 0. The number of aliphatic carboxylic acids is 2. The van der Waals surface area contributed by atoms with Crippen LogP contribution in [-0.4, -0.2) is 38.7 Å². The third-order valence-corrected chi connectivity index (χ3v) is 1.43. The molecule has 0 radical (unpaired) electrons. The van der Waals surface area contributed by atoms with Gasteiger partial charge in [-0.2, -0.15) is 0 Å². The molecule has 0 spiro atoms. The van der Waals surface area contributed by atoms with E-state index in [4.69, 9.17) is 20.4 Å². The highest BCUT2D eigenvalue weighted by Crippen LogP contribution is 1.99. The molecule has 0 fully saturated rings. The Morgan fingerprint density at radius 3 is 1.75 bits per heavy atom. The smallest absolute Gasteiger partial charge is 0.328 e. The number of aliphatic hydroxyl groups is 2. The van der Waals surface area contributed by atoms with Crippen LogP contribution < -0.4 is 0 Å². The molecular weight excluding hydrogens is 216 g/mol. The zero-order valence-electron chi connectivity index (χ0n) is 9.17. The van der Waals surface area contributed by atoms with Crippen LogP contribution in [0.4, 0.5) is 0 Å². The average Bonchev–Trinajstić information content (AvgIpc) is 2.16. The number of hydrogen-bond donors (Lipinski definition) is 4. The van der Waals surface area contributed by atoms with Crippen molar-refractivity contribution < 1.29 is 30.0 Å². The maximum Gasteiger partial charge on any atom is 0.328 e. The van der Waals surface area contributed by atoms with Crippen molar-refractivity contribution in [2.24, 2.45) is 0 Å². The highest BCUT2D eigenvalue weighted by molar-refractivity contribution is 5.89. The summed E-state index contributed by atoms with van der Waals surface area (Å²) in [5, 5.41) is 32.3. The van der Waals surface area contributed by atoms with Crippen molar-refractivity contribution in [3.8, 4) is 0 Å². The standard InChI is InChI=1S/C6H14O2.C4H4O4/c1-2-3-4-5-6(7)8;5-3(6)1-2-4(7)8/h6-8H,2-5H2,1H3;1-2H,(H,5,6)(H,7,8)/b;2-1-. The molecule has 0 aromatic carbocycles. The number of carboxylic acids is 2. The van der Waals surface area contributed by atoms with Crippen molar-refractivity contribution in [2.45, 2.75) is 38.9 Å². The van der Waals surface area contributed by atoms with Crippen molar-refractivity contribution in [2.75, 3.05) is 0 Å². The molecule has 6 heteroatoms. The maximum absolute atomic E-state index is 9.55. The van der Waals surface area contributed by atoms with Gasteiger partial charge >= 0.3 is 11.9 Å². The first-order chi connectivity index (χ1) is 7.40. The molecule has 0 aliphatic rings. The molecule has 0 heterocycles. The van der Waals surface area contributed by atoms with Gasteiger partial charge < -0.3 is 20.4 Å². The molecule has 0 rings (SSSR count). The maximum atomic E-state index is 9.55. The molecular formula is C10H18O6. The molecule has 0 atom stereocenters. The van der Waals surface area contributed by atoms with Gasteiger partial charge in [0.2, 0.25) is 0 Å². The number of carboxylic acid groups (broad SMARTS) is 2. The summed E-state index contributed by atoms with van der Waals surface area (Å²) in [5.74, 6) is -2.51. The molecule has 4 N–H and O–H groups in total. The molecule has 0 aliphatic heterocycles. The molecule has 0 saturated carbocycles. The minimum Gasteiger partial charge on any atom is -0.478 e. The van der Waals surface area contributed by atoms with Gasteiger partial charge in [0.05, 0.1) is 0 Å². The Kier molecular flexibility index (Phi) is 12.4. The van der Waals surface area contributed by atoms with Gasteiger partial charge in [-0.1, -0.05) is 19.8 Å². The quantitative estimate of drug-likeness (QED) is 0.304. The van der Waals surface area contributed by atoms with Crippen LogP contribution in [0.25, 0.3) is 0 Å². The zero-order valence-corrected chi connectivity index (χ0v) is 9.17. The first kappa shape index (κ1) is 17.0. The van der Waals surface area contributed by atoms with Gasteiger partial charge in [-0.25, -0.2) is 9.59 Å². The van der Waals surface area contributed by atoms with E-state index in [0.29, 0.717) is 18.6 Å². The van der Waals surface area contributed by atoms with Gasteiger partial charge in [0.25, 0.3) is 0 Å². The summed E-state index contributed by atoms with van der Waals surface area (Å²) in [6.07, 6.45) is 3.69. The first-order valence-corrected chi connectivity index (χ1v) is 4.90. The van der Waals surface area contributed by atoms with E-state index < -0.39 is 18.2 Å². The van der Waals surface area contributed by atoms with E-state index in [1.165, 1.54) is 0 Å². The summed E-state index contributed by atoms with van der Waals surface area (Å²) in [4.78, 5) is 19.1. The Hall–Kier alpha value is -1.40. The van der Waals surface area contributed by atoms with E-state index in [0.717, 1.165) is 19.3 Å². The van der Waals surface area contributed by atoms with E-state index in [2.05, 4.69) is 6.92 Å². The molecule has 0 aliphatic carbocycles. The Morgan fingerprint density at radius 2 is 1.50 bits per heavy atom. The second-order valence-electron chi connectivity index (χ2n) is 2.99. The Balaban J connectivity index is 0. The van der Waals surface area contributed by atoms with Crippen molar-refractivity contribution in [1.82, 2.24) is 0 Å². The van der Waals surface area contributed by atoms with Crippen LogP contribution in [-0.2, 0) is 9.59 Å². The van der Waals surface area contributed by atoms with Crippen molar-refractivity contribution in [3.05, 3.63) is 12.2 Å². The molecule has 16 heavy (non-hydrogen) atoms. The van der Waals surface area contributed by atoms with Crippen LogP contribution in [0.1, 0.15) is 32.6 Å². The molecule has 0 aromatic heterocycles. The molecule has 0 amide bonds. The summed E-state index contributed by atoms with van der Waals surface area (Å²) in [5.41, 5.74) is 0. The van der Waals surface area contributed by atoms with Crippen LogP contribution >= 0.6 is 0 Å². The van der Waals surface area contributed by atoms with Gasteiger partial charge in [-0.3, -0.25) is 0 Å². The molecule has 0 bridgehead atoms. The van der Waals surface area contributed by atoms with Gasteiger partial charge in [-0.05, 0) is 12.8 Å². The van der Waals surface area contributed by atoms with E-state index in [1.807, 2.05) is 0 Å². The topological polar surface area (TPSA) is 115 Å². The summed E-state index contributed by atoms with van der Waals surface area (Å²) < 4.78 is 0. The van der Waals surface area contributed by atoms with Gasteiger partial charge in [-0.15, -0.1) is 0 Å². The Labute approximate surface area is 93.8 Å².